The van der Waals surface area contributed by atoms with E-state index in [0.29, 0.717) is 39.9 Å². The Morgan fingerprint density at radius 3 is 2.88 bits per heavy atom. The SMILES string of the molecule is Cc1c(F)c(S(C)=O)c2[nH]ncc2c1-c1ccc2nc(NC=O)cn2c1. The first-order chi connectivity index (χ1) is 12.5. The number of H-pyrrole nitrogens is 1. The fourth-order valence-electron chi connectivity index (χ4n) is 3.15. The lowest BCUT2D eigenvalue weighted by Crippen LogP contribution is -2.00. The van der Waals surface area contributed by atoms with E-state index < -0.39 is 16.6 Å². The number of carbonyl (C=O) groups is 1. The van der Waals surface area contributed by atoms with Crippen molar-refractivity contribution in [3.8, 4) is 11.1 Å². The number of imidazole rings is 1. The average Bonchev–Trinajstić information content (AvgIpc) is 3.21. The van der Waals surface area contributed by atoms with E-state index in [1.54, 1.807) is 36.0 Å². The van der Waals surface area contributed by atoms with Crippen molar-refractivity contribution in [3.05, 3.63) is 42.1 Å². The predicted octanol–water partition coefficient (Wildman–Crippen LogP) is 2.63. The van der Waals surface area contributed by atoms with Gasteiger partial charge in [-0.1, -0.05) is 0 Å². The molecule has 3 aromatic heterocycles. The van der Waals surface area contributed by atoms with Crippen LogP contribution in [0.25, 0.3) is 27.7 Å². The molecule has 0 aliphatic carbocycles. The summed E-state index contributed by atoms with van der Waals surface area (Å²) >= 11 is 0. The van der Waals surface area contributed by atoms with E-state index in [4.69, 9.17) is 0 Å². The Bertz CT molecular complexity index is 1200. The van der Waals surface area contributed by atoms with Gasteiger partial charge in [-0.3, -0.25) is 14.1 Å². The molecule has 1 amide bonds. The van der Waals surface area contributed by atoms with Crippen LogP contribution in [0.15, 0.2) is 35.6 Å². The van der Waals surface area contributed by atoms with E-state index in [1.807, 2.05) is 6.07 Å². The van der Waals surface area contributed by atoms with Crippen LogP contribution in [0.1, 0.15) is 5.56 Å². The lowest BCUT2D eigenvalue weighted by Gasteiger charge is -2.12. The zero-order valence-corrected chi connectivity index (χ0v) is 14.7. The van der Waals surface area contributed by atoms with Gasteiger partial charge in [0, 0.05) is 23.4 Å². The van der Waals surface area contributed by atoms with Crippen LogP contribution in [0.3, 0.4) is 0 Å². The molecule has 4 aromatic rings. The summed E-state index contributed by atoms with van der Waals surface area (Å²) in [5, 5.41) is 9.96. The van der Waals surface area contributed by atoms with Crippen LogP contribution in [-0.2, 0) is 15.6 Å². The maximum absolute atomic E-state index is 14.9. The number of anilines is 1. The van der Waals surface area contributed by atoms with Gasteiger partial charge in [0.15, 0.2) is 5.82 Å². The van der Waals surface area contributed by atoms with Crippen LogP contribution < -0.4 is 5.32 Å². The number of nitrogens with one attached hydrogen (secondary N) is 2. The summed E-state index contributed by atoms with van der Waals surface area (Å²) in [5.74, 6) is -0.0862. The summed E-state index contributed by atoms with van der Waals surface area (Å²) in [5.41, 5.74) is 2.89. The molecule has 132 valence electrons. The Hall–Kier alpha value is -3.07. The molecule has 9 heteroatoms. The number of hydrogen-bond donors (Lipinski definition) is 2. The topological polar surface area (TPSA) is 92.2 Å². The van der Waals surface area contributed by atoms with Gasteiger partial charge in [-0.25, -0.2) is 9.37 Å². The molecular weight excluding hydrogens is 357 g/mol. The molecule has 0 aliphatic heterocycles. The van der Waals surface area contributed by atoms with E-state index >= 15 is 0 Å². The van der Waals surface area contributed by atoms with Crippen molar-refractivity contribution in [2.24, 2.45) is 0 Å². The lowest BCUT2D eigenvalue weighted by molar-refractivity contribution is -0.105. The van der Waals surface area contributed by atoms with Crippen LogP contribution in [0, 0.1) is 12.7 Å². The monoisotopic (exact) mass is 371 g/mol. The second kappa shape index (κ2) is 6.03. The summed E-state index contributed by atoms with van der Waals surface area (Å²) in [6.45, 7) is 1.66. The Balaban J connectivity index is 2.00. The van der Waals surface area contributed by atoms with Crippen molar-refractivity contribution in [1.29, 1.82) is 0 Å². The fourth-order valence-corrected chi connectivity index (χ4v) is 4.00. The van der Waals surface area contributed by atoms with Crippen molar-refractivity contribution in [3.63, 3.8) is 0 Å². The molecule has 0 spiro atoms. The van der Waals surface area contributed by atoms with Crippen molar-refractivity contribution < 1.29 is 13.4 Å². The highest BCUT2D eigenvalue weighted by molar-refractivity contribution is 7.84. The lowest BCUT2D eigenvalue weighted by atomic mass is 9.97. The Kier molecular flexibility index (Phi) is 3.80. The van der Waals surface area contributed by atoms with E-state index in [1.165, 1.54) is 6.26 Å². The third kappa shape index (κ3) is 2.39. The van der Waals surface area contributed by atoms with Gasteiger partial charge >= 0.3 is 0 Å². The van der Waals surface area contributed by atoms with Crippen molar-refractivity contribution in [1.82, 2.24) is 19.6 Å². The number of rotatable bonds is 4. The highest BCUT2D eigenvalue weighted by Crippen LogP contribution is 2.36. The Morgan fingerprint density at radius 1 is 1.35 bits per heavy atom. The number of fused-ring (bicyclic) bond motifs is 2. The van der Waals surface area contributed by atoms with E-state index in [-0.39, 0.29) is 4.90 Å². The number of aromatic nitrogens is 4. The highest BCUT2D eigenvalue weighted by atomic mass is 32.2. The Morgan fingerprint density at radius 2 is 2.15 bits per heavy atom. The average molecular weight is 371 g/mol. The number of hydrogen-bond acceptors (Lipinski definition) is 4. The summed E-state index contributed by atoms with van der Waals surface area (Å²) < 4.78 is 28.7. The first-order valence-corrected chi connectivity index (χ1v) is 9.25. The zero-order chi connectivity index (χ0) is 18.4. The van der Waals surface area contributed by atoms with Gasteiger partial charge in [0.1, 0.15) is 16.4 Å². The van der Waals surface area contributed by atoms with Gasteiger partial charge in [0.25, 0.3) is 0 Å². The van der Waals surface area contributed by atoms with Crippen LogP contribution in [0.5, 0.6) is 0 Å². The highest BCUT2D eigenvalue weighted by Gasteiger charge is 2.22. The quantitative estimate of drug-likeness (QED) is 0.540. The van der Waals surface area contributed by atoms with Gasteiger partial charge in [-0.05, 0) is 30.2 Å². The van der Waals surface area contributed by atoms with E-state index in [2.05, 4.69) is 20.5 Å². The van der Waals surface area contributed by atoms with Gasteiger partial charge in [0.2, 0.25) is 6.41 Å². The third-order valence-electron chi connectivity index (χ3n) is 4.27. The van der Waals surface area contributed by atoms with Crippen molar-refractivity contribution in [2.45, 2.75) is 11.8 Å². The van der Waals surface area contributed by atoms with E-state index in [9.17, 15) is 13.4 Å². The van der Waals surface area contributed by atoms with Crippen LogP contribution in [0.2, 0.25) is 0 Å². The first kappa shape index (κ1) is 16.4. The molecule has 0 bridgehead atoms. The minimum atomic E-state index is -1.49. The molecule has 0 saturated heterocycles. The molecule has 3 heterocycles. The number of amides is 1. The summed E-state index contributed by atoms with van der Waals surface area (Å²) in [4.78, 5) is 15.0. The molecule has 1 aromatic carbocycles. The number of nitrogens with zero attached hydrogens (tertiary/aromatic N) is 3. The zero-order valence-electron chi connectivity index (χ0n) is 13.9. The van der Waals surface area contributed by atoms with Crippen LogP contribution >= 0.6 is 0 Å². The normalized spacial score (nSPS) is 12.6. The van der Waals surface area contributed by atoms with Crippen molar-refractivity contribution >= 4 is 39.6 Å². The van der Waals surface area contributed by atoms with E-state index in [0.717, 1.165) is 5.56 Å². The first-order valence-electron chi connectivity index (χ1n) is 7.69. The van der Waals surface area contributed by atoms with Gasteiger partial charge in [0.05, 0.1) is 28.7 Å². The minimum Gasteiger partial charge on any atom is -0.312 e. The number of pyridine rings is 1. The Labute approximate surface area is 149 Å². The van der Waals surface area contributed by atoms with Crippen LogP contribution in [0.4, 0.5) is 10.2 Å². The van der Waals surface area contributed by atoms with Gasteiger partial charge < -0.3 is 9.72 Å². The molecule has 0 aliphatic rings. The molecule has 4 rings (SSSR count). The summed E-state index contributed by atoms with van der Waals surface area (Å²) in [7, 11) is -1.49. The minimum absolute atomic E-state index is 0.125. The predicted molar refractivity (Wildman–Crippen MR) is 97.0 cm³/mol. The molecular formula is C17H14FN5O2S. The molecule has 2 N–H and O–H groups in total. The molecule has 1 atom stereocenters. The molecule has 26 heavy (non-hydrogen) atoms. The smallest absolute Gasteiger partial charge is 0.212 e. The molecule has 7 nitrogen and oxygen atoms in total. The summed E-state index contributed by atoms with van der Waals surface area (Å²) in [6.07, 6.45) is 7.07. The molecule has 0 fully saturated rings. The fraction of sp³-hybridized carbons (Fsp3) is 0.118. The number of benzene rings is 1. The van der Waals surface area contributed by atoms with Crippen LogP contribution in [-0.4, -0.2) is 36.5 Å². The molecule has 1 unspecified atom stereocenters. The molecule has 0 saturated carbocycles. The van der Waals surface area contributed by atoms with Crippen molar-refractivity contribution in [2.75, 3.05) is 11.6 Å². The number of carbonyl (C=O) groups excluding carboxylic acids is 1. The standard InChI is InChI=1S/C17H14FN5O2S/c1-9-14(11-5-20-22-16(11)17(15(9)18)26(2)25)10-3-4-13-21-12(19-8-24)7-23(13)6-10/h3-8H,1-2H3,(H,19,24)(H,20,22). The summed E-state index contributed by atoms with van der Waals surface area (Å²) in [6, 6.07) is 3.60. The second-order valence-electron chi connectivity index (χ2n) is 5.83. The van der Waals surface area contributed by atoms with Gasteiger partial charge in [-0.2, -0.15) is 5.10 Å². The second-order valence-corrected chi connectivity index (χ2v) is 7.14. The number of halogens is 1. The third-order valence-corrected chi connectivity index (χ3v) is 5.23. The molecule has 0 radical (unpaired) electrons. The maximum Gasteiger partial charge on any atom is 0.212 e. The maximum atomic E-state index is 14.9. The number of aromatic amines is 1. The van der Waals surface area contributed by atoms with Gasteiger partial charge in [-0.15, -0.1) is 0 Å². The largest absolute Gasteiger partial charge is 0.312 e.